The summed E-state index contributed by atoms with van der Waals surface area (Å²) < 4.78 is 5.18. The molecule has 0 atom stereocenters. The van der Waals surface area contributed by atoms with Crippen molar-refractivity contribution in [2.75, 3.05) is 11.9 Å². The largest absolute Gasteiger partial charge is 0.451 e. The smallest absolute Gasteiger partial charge is 0.349 e. The molecule has 1 saturated carbocycles. The zero-order valence-corrected chi connectivity index (χ0v) is 17.5. The van der Waals surface area contributed by atoms with Gasteiger partial charge < -0.3 is 15.4 Å². The summed E-state index contributed by atoms with van der Waals surface area (Å²) in [7, 11) is 0. The lowest BCUT2D eigenvalue weighted by molar-refractivity contribution is -0.125. The number of carbonyl (C=O) groups excluding carboxylic acids is 3. The second-order valence-electron chi connectivity index (χ2n) is 8.16. The normalized spacial score (nSPS) is 15.7. The molecular weight excluding hydrogens is 364 g/mol. The van der Waals surface area contributed by atoms with Crippen molar-refractivity contribution in [2.45, 2.75) is 72.3 Å². The Hall–Kier alpha value is -1.89. The van der Waals surface area contributed by atoms with E-state index in [1.807, 2.05) is 20.8 Å². The standard InChI is InChI=1S/C20H30N2O4S/c1-13-11-16(22-19(25)20(2,3)4)27-17(13)18(24)26-12-15(23)21-14-9-7-5-6-8-10-14/h11,14H,5-10,12H2,1-4H3,(H,21,23)(H,22,25). The van der Waals surface area contributed by atoms with Gasteiger partial charge >= 0.3 is 5.97 Å². The maximum atomic E-state index is 12.3. The molecule has 1 aromatic rings. The Kier molecular flexibility index (Phi) is 7.41. The van der Waals surface area contributed by atoms with Crippen LogP contribution in [0.15, 0.2) is 6.07 Å². The number of esters is 1. The minimum Gasteiger partial charge on any atom is -0.451 e. The number of hydrogen-bond donors (Lipinski definition) is 2. The number of rotatable bonds is 5. The monoisotopic (exact) mass is 394 g/mol. The maximum Gasteiger partial charge on any atom is 0.349 e. The van der Waals surface area contributed by atoms with E-state index in [1.165, 1.54) is 12.8 Å². The predicted octanol–water partition coefficient (Wildman–Crippen LogP) is 4.04. The van der Waals surface area contributed by atoms with Crippen LogP contribution in [0.25, 0.3) is 0 Å². The van der Waals surface area contributed by atoms with Crippen LogP contribution in [0.3, 0.4) is 0 Å². The van der Waals surface area contributed by atoms with E-state index < -0.39 is 11.4 Å². The zero-order chi connectivity index (χ0) is 20.0. The van der Waals surface area contributed by atoms with Crippen molar-refractivity contribution in [3.8, 4) is 0 Å². The molecule has 0 unspecified atom stereocenters. The number of nitrogens with one attached hydrogen (secondary N) is 2. The van der Waals surface area contributed by atoms with Gasteiger partial charge in [0.05, 0.1) is 5.00 Å². The Morgan fingerprint density at radius 1 is 1.15 bits per heavy atom. The summed E-state index contributed by atoms with van der Waals surface area (Å²) in [6.07, 6.45) is 6.66. The summed E-state index contributed by atoms with van der Waals surface area (Å²) >= 11 is 1.16. The molecule has 0 aromatic carbocycles. The molecule has 1 heterocycles. The van der Waals surface area contributed by atoms with Crippen LogP contribution >= 0.6 is 11.3 Å². The van der Waals surface area contributed by atoms with E-state index in [0.717, 1.165) is 42.6 Å². The Bertz CT molecular complexity index is 683. The molecule has 7 heteroatoms. The van der Waals surface area contributed by atoms with Crippen LogP contribution in [0.1, 0.15) is 74.5 Å². The Morgan fingerprint density at radius 3 is 2.37 bits per heavy atom. The molecule has 0 saturated heterocycles. The van der Waals surface area contributed by atoms with Crippen molar-refractivity contribution >= 4 is 34.1 Å². The molecule has 2 rings (SSSR count). The number of amides is 2. The molecule has 1 aliphatic carbocycles. The minimum absolute atomic E-state index is 0.119. The molecule has 1 aliphatic rings. The second kappa shape index (κ2) is 9.35. The van der Waals surface area contributed by atoms with Crippen LogP contribution in [-0.4, -0.2) is 30.4 Å². The summed E-state index contributed by atoms with van der Waals surface area (Å²) in [6.45, 7) is 6.97. The lowest BCUT2D eigenvalue weighted by Crippen LogP contribution is -2.37. The van der Waals surface area contributed by atoms with Crippen LogP contribution in [0.5, 0.6) is 0 Å². The highest BCUT2D eigenvalue weighted by Gasteiger charge is 2.24. The van der Waals surface area contributed by atoms with Gasteiger partial charge in [-0.25, -0.2) is 4.79 Å². The molecule has 0 spiro atoms. The molecule has 27 heavy (non-hydrogen) atoms. The lowest BCUT2D eigenvalue weighted by Gasteiger charge is -2.16. The van der Waals surface area contributed by atoms with Gasteiger partial charge in [0.15, 0.2) is 6.61 Å². The molecule has 0 radical (unpaired) electrons. The maximum absolute atomic E-state index is 12.3. The van der Waals surface area contributed by atoms with E-state index in [4.69, 9.17) is 4.74 Å². The van der Waals surface area contributed by atoms with Crippen molar-refractivity contribution in [2.24, 2.45) is 5.41 Å². The molecule has 1 aromatic heterocycles. The predicted molar refractivity (Wildman–Crippen MR) is 107 cm³/mol. The van der Waals surface area contributed by atoms with E-state index in [2.05, 4.69) is 10.6 Å². The number of carbonyl (C=O) groups is 3. The highest BCUT2D eigenvalue weighted by atomic mass is 32.1. The van der Waals surface area contributed by atoms with Crippen LogP contribution < -0.4 is 10.6 Å². The zero-order valence-electron chi connectivity index (χ0n) is 16.6. The fourth-order valence-corrected chi connectivity index (χ4v) is 3.90. The van der Waals surface area contributed by atoms with Crippen molar-refractivity contribution in [3.63, 3.8) is 0 Å². The fraction of sp³-hybridized carbons (Fsp3) is 0.650. The van der Waals surface area contributed by atoms with Crippen molar-refractivity contribution in [1.82, 2.24) is 5.32 Å². The Balaban J connectivity index is 1.86. The highest BCUT2D eigenvalue weighted by molar-refractivity contribution is 7.18. The van der Waals surface area contributed by atoms with E-state index in [-0.39, 0.29) is 24.5 Å². The molecule has 2 N–H and O–H groups in total. The van der Waals surface area contributed by atoms with Crippen LogP contribution in [-0.2, 0) is 14.3 Å². The second-order valence-corrected chi connectivity index (χ2v) is 9.21. The molecule has 0 bridgehead atoms. The molecule has 2 amide bonds. The van der Waals surface area contributed by atoms with Gasteiger partial charge in [-0.05, 0) is 31.4 Å². The number of anilines is 1. The summed E-state index contributed by atoms with van der Waals surface area (Å²) in [5.41, 5.74) is 0.202. The first-order chi connectivity index (χ1) is 12.7. The van der Waals surface area contributed by atoms with E-state index >= 15 is 0 Å². The average molecular weight is 395 g/mol. The Morgan fingerprint density at radius 2 is 1.78 bits per heavy atom. The van der Waals surface area contributed by atoms with Crippen LogP contribution in [0, 0.1) is 12.3 Å². The molecule has 0 aliphatic heterocycles. The first-order valence-electron chi connectivity index (χ1n) is 9.55. The third-order valence-electron chi connectivity index (χ3n) is 4.58. The summed E-state index contributed by atoms with van der Waals surface area (Å²) in [5, 5.41) is 6.37. The first-order valence-corrected chi connectivity index (χ1v) is 10.4. The Labute approximate surface area is 165 Å². The number of thiophene rings is 1. The van der Waals surface area contributed by atoms with E-state index in [9.17, 15) is 14.4 Å². The lowest BCUT2D eigenvalue weighted by atomic mass is 9.96. The molecule has 6 nitrogen and oxygen atoms in total. The average Bonchev–Trinajstić information content (AvgIpc) is 2.78. The van der Waals surface area contributed by atoms with Gasteiger partial charge in [0.1, 0.15) is 4.88 Å². The van der Waals surface area contributed by atoms with Gasteiger partial charge in [-0.2, -0.15) is 0 Å². The third kappa shape index (κ3) is 6.65. The molecule has 1 fully saturated rings. The topological polar surface area (TPSA) is 84.5 Å². The van der Waals surface area contributed by atoms with Crippen LogP contribution in [0.4, 0.5) is 5.00 Å². The van der Waals surface area contributed by atoms with Crippen molar-refractivity contribution in [3.05, 3.63) is 16.5 Å². The van der Waals surface area contributed by atoms with Gasteiger partial charge in [-0.1, -0.05) is 46.5 Å². The van der Waals surface area contributed by atoms with E-state index in [0.29, 0.717) is 9.88 Å². The number of aryl methyl sites for hydroxylation is 1. The van der Waals surface area contributed by atoms with Gasteiger partial charge in [0.2, 0.25) is 5.91 Å². The SMILES string of the molecule is Cc1cc(NC(=O)C(C)(C)C)sc1C(=O)OCC(=O)NC1CCCCCC1. The fourth-order valence-electron chi connectivity index (χ4n) is 2.94. The third-order valence-corrected chi connectivity index (χ3v) is 5.71. The van der Waals surface area contributed by atoms with Gasteiger partial charge in [0, 0.05) is 11.5 Å². The summed E-state index contributed by atoms with van der Waals surface area (Å²) in [6, 6.07) is 1.93. The molecular formula is C20H30N2O4S. The summed E-state index contributed by atoms with van der Waals surface area (Å²) in [4.78, 5) is 36.9. The van der Waals surface area contributed by atoms with Gasteiger partial charge in [0.25, 0.3) is 5.91 Å². The van der Waals surface area contributed by atoms with Gasteiger partial charge in [-0.3, -0.25) is 9.59 Å². The number of hydrogen-bond acceptors (Lipinski definition) is 5. The van der Waals surface area contributed by atoms with Crippen molar-refractivity contribution < 1.29 is 19.1 Å². The highest BCUT2D eigenvalue weighted by Crippen LogP contribution is 2.29. The minimum atomic E-state index is -0.537. The quantitative estimate of drug-likeness (QED) is 0.583. The van der Waals surface area contributed by atoms with Gasteiger partial charge in [-0.15, -0.1) is 11.3 Å². The molecule has 150 valence electrons. The first kappa shape index (κ1) is 21.4. The van der Waals surface area contributed by atoms with Crippen LogP contribution in [0.2, 0.25) is 0 Å². The van der Waals surface area contributed by atoms with Crippen molar-refractivity contribution in [1.29, 1.82) is 0 Å². The number of ether oxygens (including phenoxy) is 1. The van der Waals surface area contributed by atoms with E-state index in [1.54, 1.807) is 13.0 Å². The summed E-state index contributed by atoms with van der Waals surface area (Å²) in [5.74, 6) is -0.915.